The lowest BCUT2D eigenvalue weighted by Crippen LogP contribution is -2.06. The fourth-order valence-electron chi connectivity index (χ4n) is 1.68. The van der Waals surface area contributed by atoms with Crippen molar-refractivity contribution in [1.82, 2.24) is 9.97 Å². The zero-order chi connectivity index (χ0) is 14.2. The first-order chi connectivity index (χ1) is 8.88. The number of benzene rings is 1. The van der Waals surface area contributed by atoms with E-state index < -0.39 is 5.82 Å². The molecule has 2 rings (SSSR count). The molecular formula is C13H12ClFIN3. The van der Waals surface area contributed by atoms with Crippen LogP contribution in [-0.2, 0) is 0 Å². The van der Waals surface area contributed by atoms with Crippen LogP contribution in [0.15, 0.2) is 18.2 Å². The molecule has 1 heterocycles. The number of nitrogen functional groups attached to an aromatic ring is 1. The molecule has 19 heavy (non-hydrogen) atoms. The lowest BCUT2D eigenvalue weighted by molar-refractivity contribution is 0.628. The Morgan fingerprint density at radius 3 is 2.53 bits per heavy atom. The zero-order valence-corrected chi connectivity index (χ0v) is 13.3. The largest absolute Gasteiger partial charge is 0.383 e. The summed E-state index contributed by atoms with van der Waals surface area (Å²) in [5.74, 6) is 0.576. The smallest absolute Gasteiger partial charge is 0.161 e. The Kier molecular flexibility index (Phi) is 4.25. The van der Waals surface area contributed by atoms with Gasteiger partial charge in [0.25, 0.3) is 0 Å². The van der Waals surface area contributed by atoms with Gasteiger partial charge in [0.05, 0.1) is 9.26 Å². The Balaban J connectivity index is 2.62. The Bertz CT molecular complexity index is 611. The Labute approximate surface area is 129 Å². The molecule has 2 N–H and O–H groups in total. The van der Waals surface area contributed by atoms with Gasteiger partial charge in [0, 0.05) is 10.6 Å². The predicted molar refractivity (Wildman–Crippen MR) is 83.7 cm³/mol. The minimum absolute atomic E-state index is 0.208. The SMILES string of the molecule is CC(C)c1nc(-c2cc(F)cc(Cl)c2)nc(N)c1I. The monoisotopic (exact) mass is 391 g/mol. The quantitative estimate of drug-likeness (QED) is 0.779. The molecule has 0 aliphatic rings. The maximum Gasteiger partial charge on any atom is 0.161 e. The number of anilines is 1. The summed E-state index contributed by atoms with van der Waals surface area (Å²) in [5, 5.41) is 0.307. The van der Waals surface area contributed by atoms with Crippen LogP contribution in [0.5, 0.6) is 0 Å². The maximum absolute atomic E-state index is 13.4. The summed E-state index contributed by atoms with van der Waals surface area (Å²) >= 11 is 7.96. The molecule has 0 spiro atoms. The van der Waals surface area contributed by atoms with Crippen molar-refractivity contribution in [3.05, 3.63) is 38.3 Å². The summed E-state index contributed by atoms with van der Waals surface area (Å²) in [4.78, 5) is 8.66. The molecule has 1 aromatic carbocycles. The fraction of sp³-hybridized carbons (Fsp3) is 0.231. The van der Waals surface area contributed by atoms with E-state index in [9.17, 15) is 4.39 Å². The van der Waals surface area contributed by atoms with Crippen LogP contribution in [0.25, 0.3) is 11.4 Å². The van der Waals surface area contributed by atoms with Crippen molar-refractivity contribution >= 4 is 40.0 Å². The van der Waals surface area contributed by atoms with Gasteiger partial charge in [-0.3, -0.25) is 0 Å². The minimum atomic E-state index is -0.422. The molecule has 0 radical (unpaired) electrons. The second-order valence-electron chi connectivity index (χ2n) is 4.44. The molecule has 100 valence electrons. The van der Waals surface area contributed by atoms with Gasteiger partial charge in [-0.25, -0.2) is 14.4 Å². The van der Waals surface area contributed by atoms with Crippen molar-refractivity contribution in [3.63, 3.8) is 0 Å². The first-order valence-corrected chi connectivity index (χ1v) is 7.13. The molecule has 0 unspecified atom stereocenters. The molecular weight excluding hydrogens is 380 g/mol. The average Bonchev–Trinajstić information content (AvgIpc) is 2.30. The molecule has 0 saturated carbocycles. The number of rotatable bonds is 2. The number of nitrogens with two attached hydrogens (primary N) is 1. The summed E-state index contributed by atoms with van der Waals surface area (Å²) in [5.41, 5.74) is 7.26. The van der Waals surface area contributed by atoms with Crippen LogP contribution in [0, 0.1) is 9.39 Å². The number of aromatic nitrogens is 2. The van der Waals surface area contributed by atoms with Gasteiger partial charge in [-0.2, -0.15) is 0 Å². The van der Waals surface area contributed by atoms with Crippen LogP contribution >= 0.6 is 34.2 Å². The van der Waals surface area contributed by atoms with E-state index in [1.165, 1.54) is 12.1 Å². The van der Waals surface area contributed by atoms with Crippen molar-refractivity contribution in [2.75, 3.05) is 5.73 Å². The van der Waals surface area contributed by atoms with Gasteiger partial charge in [0.1, 0.15) is 11.6 Å². The number of halogens is 3. The summed E-state index contributed by atoms with van der Waals surface area (Å²) in [6.45, 7) is 4.04. The third-order valence-corrected chi connectivity index (χ3v) is 3.89. The average molecular weight is 392 g/mol. The first-order valence-electron chi connectivity index (χ1n) is 5.68. The summed E-state index contributed by atoms with van der Waals surface area (Å²) in [6, 6.07) is 4.21. The zero-order valence-electron chi connectivity index (χ0n) is 10.4. The van der Waals surface area contributed by atoms with Crippen molar-refractivity contribution < 1.29 is 4.39 Å². The number of nitrogens with zero attached hydrogens (tertiary/aromatic N) is 2. The van der Waals surface area contributed by atoms with Gasteiger partial charge in [0.2, 0.25) is 0 Å². The lowest BCUT2D eigenvalue weighted by atomic mass is 10.1. The molecule has 2 aromatic rings. The van der Waals surface area contributed by atoms with Crippen molar-refractivity contribution in [2.45, 2.75) is 19.8 Å². The first kappa shape index (κ1) is 14.5. The van der Waals surface area contributed by atoms with Crippen molar-refractivity contribution in [2.24, 2.45) is 0 Å². The van der Waals surface area contributed by atoms with Gasteiger partial charge >= 0.3 is 0 Å². The van der Waals surface area contributed by atoms with Gasteiger partial charge in [0.15, 0.2) is 5.82 Å². The second-order valence-corrected chi connectivity index (χ2v) is 5.96. The fourth-order valence-corrected chi connectivity index (χ4v) is 2.76. The normalized spacial score (nSPS) is 11.1. The van der Waals surface area contributed by atoms with Crippen LogP contribution in [0.4, 0.5) is 10.2 Å². The highest BCUT2D eigenvalue weighted by Gasteiger charge is 2.14. The third-order valence-electron chi connectivity index (χ3n) is 2.57. The molecule has 0 atom stereocenters. The van der Waals surface area contributed by atoms with E-state index in [0.717, 1.165) is 9.26 Å². The van der Waals surface area contributed by atoms with E-state index in [1.807, 2.05) is 13.8 Å². The van der Waals surface area contributed by atoms with E-state index in [2.05, 4.69) is 32.6 Å². The molecule has 0 bridgehead atoms. The van der Waals surface area contributed by atoms with Crippen molar-refractivity contribution in [1.29, 1.82) is 0 Å². The highest BCUT2D eigenvalue weighted by atomic mass is 127. The Morgan fingerprint density at radius 2 is 1.95 bits per heavy atom. The van der Waals surface area contributed by atoms with Crippen molar-refractivity contribution in [3.8, 4) is 11.4 Å². The molecule has 0 aliphatic carbocycles. The summed E-state index contributed by atoms with van der Waals surface area (Å²) in [6.07, 6.45) is 0. The highest BCUT2D eigenvalue weighted by Crippen LogP contribution is 2.28. The molecule has 6 heteroatoms. The predicted octanol–water partition coefficient (Wildman–Crippen LogP) is 4.25. The van der Waals surface area contributed by atoms with Crippen LogP contribution < -0.4 is 5.73 Å². The van der Waals surface area contributed by atoms with Gasteiger partial charge in [-0.05, 0) is 46.7 Å². The third kappa shape index (κ3) is 3.14. The molecule has 0 saturated heterocycles. The molecule has 0 amide bonds. The second kappa shape index (κ2) is 5.58. The number of hydrogen-bond donors (Lipinski definition) is 1. The van der Waals surface area contributed by atoms with Crippen LogP contribution in [-0.4, -0.2) is 9.97 Å². The van der Waals surface area contributed by atoms with Gasteiger partial charge in [-0.15, -0.1) is 0 Å². The van der Waals surface area contributed by atoms with Gasteiger partial charge in [-0.1, -0.05) is 25.4 Å². The standard InChI is InChI=1S/C13H12ClFIN3/c1-6(2)11-10(16)12(17)19-13(18-11)7-3-8(14)5-9(15)4-7/h3-6H,1-2H3,(H2,17,18,19). The summed E-state index contributed by atoms with van der Waals surface area (Å²) in [7, 11) is 0. The Morgan fingerprint density at radius 1 is 1.26 bits per heavy atom. The Hall–Kier alpha value is -0.950. The molecule has 0 fully saturated rings. The maximum atomic E-state index is 13.4. The van der Waals surface area contributed by atoms with E-state index in [1.54, 1.807) is 6.07 Å². The van der Waals surface area contributed by atoms with E-state index in [0.29, 0.717) is 22.2 Å². The van der Waals surface area contributed by atoms with Crippen LogP contribution in [0.2, 0.25) is 5.02 Å². The van der Waals surface area contributed by atoms with E-state index in [-0.39, 0.29) is 5.92 Å². The topological polar surface area (TPSA) is 51.8 Å². The summed E-state index contributed by atoms with van der Waals surface area (Å²) < 4.78 is 14.2. The molecule has 3 nitrogen and oxygen atoms in total. The molecule has 0 aliphatic heterocycles. The minimum Gasteiger partial charge on any atom is -0.383 e. The van der Waals surface area contributed by atoms with Crippen LogP contribution in [0.1, 0.15) is 25.5 Å². The highest BCUT2D eigenvalue weighted by molar-refractivity contribution is 14.1. The number of hydrogen-bond acceptors (Lipinski definition) is 3. The van der Waals surface area contributed by atoms with Crippen LogP contribution in [0.3, 0.4) is 0 Å². The lowest BCUT2D eigenvalue weighted by Gasteiger charge is -2.11. The van der Waals surface area contributed by atoms with Gasteiger partial charge < -0.3 is 5.73 Å². The van der Waals surface area contributed by atoms with E-state index in [4.69, 9.17) is 17.3 Å². The molecule has 1 aromatic heterocycles. The van der Waals surface area contributed by atoms with E-state index >= 15 is 0 Å².